The molecule has 18 heavy (non-hydrogen) atoms. The van der Waals surface area contributed by atoms with E-state index >= 15 is 0 Å². The number of ether oxygens (including phenoxy) is 1. The summed E-state index contributed by atoms with van der Waals surface area (Å²) in [5.41, 5.74) is 3.20. The second kappa shape index (κ2) is 3.96. The molecule has 0 heterocycles. The van der Waals surface area contributed by atoms with Crippen LogP contribution in [0, 0.1) is 17.2 Å². The summed E-state index contributed by atoms with van der Waals surface area (Å²) < 4.78 is 5.78. The van der Waals surface area contributed by atoms with E-state index in [2.05, 4.69) is 31.2 Å². The Kier molecular flexibility index (Phi) is 2.53. The van der Waals surface area contributed by atoms with Gasteiger partial charge in [0.2, 0.25) is 0 Å². The quantitative estimate of drug-likeness (QED) is 0.793. The molecule has 0 amide bonds. The summed E-state index contributed by atoms with van der Waals surface area (Å²) in [6.45, 7) is 4.80. The van der Waals surface area contributed by atoms with E-state index in [-0.39, 0.29) is 6.10 Å². The van der Waals surface area contributed by atoms with Crippen molar-refractivity contribution in [1.82, 2.24) is 0 Å². The van der Waals surface area contributed by atoms with Gasteiger partial charge in [0.25, 0.3) is 0 Å². The molecule has 2 aliphatic carbocycles. The van der Waals surface area contributed by atoms with Crippen molar-refractivity contribution in [2.24, 2.45) is 5.92 Å². The third-order valence-electron chi connectivity index (χ3n) is 4.36. The van der Waals surface area contributed by atoms with Gasteiger partial charge in [0.05, 0.1) is 12.2 Å². The number of hydrogen-bond acceptors (Lipinski definition) is 2. The molecule has 1 saturated carbocycles. The Bertz CT molecular complexity index is 554. The third-order valence-corrected chi connectivity index (χ3v) is 4.36. The number of nitrogens with zero attached hydrogens (tertiary/aromatic N) is 1. The van der Waals surface area contributed by atoms with Crippen molar-refractivity contribution in [1.29, 1.82) is 5.26 Å². The highest BCUT2D eigenvalue weighted by Gasteiger charge is 2.58. The molecule has 0 spiro atoms. The second-order valence-corrected chi connectivity index (χ2v) is 5.16. The van der Waals surface area contributed by atoms with Crippen molar-refractivity contribution < 1.29 is 4.74 Å². The fourth-order valence-electron chi connectivity index (χ4n) is 3.45. The molecule has 2 aliphatic rings. The van der Waals surface area contributed by atoms with Crippen LogP contribution in [-0.4, -0.2) is 12.7 Å². The molecule has 3 atom stereocenters. The number of benzene rings is 1. The second-order valence-electron chi connectivity index (χ2n) is 5.16. The van der Waals surface area contributed by atoms with Crippen molar-refractivity contribution >= 4 is 5.57 Å². The van der Waals surface area contributed by atoms with Gasteiger partial charge in [-0.1, -0.05) is 30.3 Å². The molecule has 3 rings (SSSR count). The summed E-state index contributed by atoms with van der Waals surface area (Å²) >= 11 is 0. The highest BCUT2D eigenvalue weighted by atomic mass is 16.5. The van der Waals surface area contributed by atoms with E-state index in [0.29, 0.717) is 12.5 Å². The molecule has 0 saturated heterocycles. The van der Waals surface area contributed by atoms with E-state index in [1.165, 1.54) is 11.1 Å². The lowest BCUT2D eigenvalue weighted by atomic mass is 9.52. The summed E-state index contributed by atoms with van der Waals surface area (Å²) in [6.07, 6.45) is 3.26. The zero-order valence-electron chi connectivity index (χ0n) is 10.8. The molecule has 1 aromatic carbocycles. The van der Waals surface area contributed by atoms with Crippen molar-refractivity contribution in [3.63, 3.8) is 0 Å². The minimum absolute atomic E-state index is 0.0444. The minimum atomic E-state index is -0.452. The summed E-state index contributed by atoms with van der Waals surface area (Å²) in [6, 6.07) is 10.8. The molecule has 2 heteroatoms. The largest absolute Gasteiger partial charge is 0.376 e. The van der Waals surface area contributed by atoms with Gasteiger partial charge >= 0.3 is 0 Å². The molecule has 0 radical (unpaired) electrons. The lowest BCUT2D eigenvalue weighted by molar-refractivity contribution is -0.0666. The van der Waals surface area contributed by atoms with Gasteiger partial charge in [0.1, 0.15) is 5.41 Å². The number of allylic oxidation sites excluding steroid dienone is 2. The van der Waals surface area contributed by atoms with Crippen LogP contribution in [0.4, 0.5) is 0 Å². The molecule has 92 valence electrons. The summed E-state index contributed by atoms with van der Waals surface area (Å²) in [5, 5.41) is 9.74. The number of nitriles is 1. The van der Waals surface area contributed by atoms with Gasteiger partial charge in [0.15, 0.2) is 0 Å². The Morgan fingerprint density at radius 3 is 2.94 bits per heavy atom. The predicted octanol–water partition coefficient (Wildman–Crippen LogP) is 3.29. The van der Waals surface area contributed by atoms with E-state index in [1.807, 2.05) is 19.1 Å². The van der Waals surface area contributed by atoms with Gasteiger partial charge in [-0.3, -0.25) is 0 Å². The molecule has 0 unspecified atom stereocenters. The lowest BCUT2D eigenvalue weighted by Gasteiger charge is -2.53. The molecule has 0 bridgehead atoms. The van der Waals surface area contributed by atoms with Crippen molar-refractivity contribution in [3.05, 3.63) is 41.5 Å². The fourth-order valence-corrected chi connectivity index (χ4v) is 3.45. The van der Waals surface area contributed by atoms with Crippen LogP contribution in [0.15, 0.2) is 30.3 Å². The molecule has 0 aromatic heterocycles. The average molecular weight is 239 g/mol. The average Bonchev–Trinajstić information content (AvgIpc) is 2.38. The van der Waals surface area contributed by atoms with E-state index in [9.17, 15) is 5.26 Å². The predicted molar refractivity (Wildman–Crippen MR) is 70.9 cm³/mol. The smallest absolute Gasteiger partial charge is 0.115 e. The Labute approximate surface area is 108 Å². The Balaban J connectivity index is 2.15. The van der Waals surface area contributed by atoms with Gasteiger partial charge in [-0.05, 0) is 37.0 Å². The van der Waals surface area contributed by atoms with Crippen LogP contribution in [0.2, 0.25) is 0 Å². The number of rotatable bonds is 2. The standard InChI is InChI=1S/C16H17NO/c1-3-18-15-9-12-8-11(2)13-6-4-5-7-14(13)16(12,15)10-17/h4-8,12,15H,3,9H2,1-2H3/t12-,15+,16+/m0/s1. The van der Waals surface area contributed by atoms with Crippen LogP contribution >= 0.6 is 0 Å². The van der Waals surface area contributed by atoms with E-state index in [1.54, 1.807) is 0 Å². The SMILES string of the molecule is CCO[C@@H]1C[C@@H]2C=C(C)c3ccccc3[C@@]21C#N. The summed E-state index contributed by atoms with van der Waals surface area (Å²) in [7, 11) is 0. The van der Waals surface area contributed by atoms with Crippen molar-refractivity contribution in [2.45, 2.75) is 31.8 Å². The van der Waals surface area contributed by atoms with Crippen molar-refractivity contribution in [2.75, 3.05) is 6.61 Å². The minimum Gasteiger partial charge on any atom is -0.376 e. The topological polar surface area (TPSA) is 33.0 Å². The fraction of sp³-hybridized carbons (Fsp3) is 0.438. The Hall–Kier alpha value is -1.59. The van der Waals surface area contributed by atoms with E-state index in [0.717, 1.165) is 12.0 Å². The van der Waals surface area contributed by atoms with E-state index < -0.39 is 5.41 Å². The van der Waals surface area contributed by atoms with E-state index in [4.69, 9.17) is 4.74 Å². The Morgan fingerprint density at radius 1 is 1.44 bits per heavy atom. The molecular formula is C16H17NO. The molecule has 1 aromatic rings. The molecule has 0 aliphatic heterocycles. The van der Waals surface area contributed by atoms with Gasteiger partial charge in [-0.15, -0.1) is 0 Å². The first-order valence-corrected chi connectivity index (χ1v) is 6.55. The molecule has 1 fully saturated rings. The molecular weight excluding hydrogens is 222 g/mol. The van der Waals surface area contributed by atoms with Crippen LogP contribution in [0.5, 0.6) is 0 Å². The maximum absolute atomic E-state index is 9.74. The number of hydrogen-bond donors (Lipinski definition) is 0. The summed E-state index contributed by atoms with van der Waals surface area (Å²) in [4.78, 5) is 0. The van der Waals surface area contributed by atoms with Gasteiger partial charge in [-0.25, -0.2) is 0 Å². The maximum Gasteiger partial charge on any atom is 0.115 e. The van der Waals surface area contributed by atoms with Crippen LogP contribution in [0.25, 0.3) is 5.57 Å². The third kappa shape index (κ3) is 1.26. The molecule has 0 N–H and O–H groups in total. The van der Waals surface area contributed by atoms with Crippen LogP contribution in [0.3, 0.4) is 0 Å². The van der Waals surface area contributed by atoms with Gasteiger partial charge in [0, 0.05) is 12.5 Å². The maximum atomic E-state index is 9.74. The zero-order valence-corrected chi connectivity index (χ0v) is 10.8. The summed E-state index contributed by atoms with van der Waals surface area (Å²) in [5.74, 6) is 0.314. The highest BCUT2D eigenvalue weighted by Crippen LogP contribution is 2.55. The number of fused-ring (bicyclic) bond motifs is 3. The van der Waals surface area contributed by atoms with Gasteiger partial charge < -0.3 is 4.74 Å². The van der Waals surface area contributed by atoms with Crippen LogP contribution < -0.4 is 0 Å². The highest BCUT2D eigenvalue weighted by molar-refractivity contribution is 5.73. The monoisotopic (exact) mass is 239 g/mol. The lowest BCUT2D eigenvalue weighted by Crippen LogP contribution is -2.58. The first kappa shape index (κ1) is 11.5. The molecule has 2 nitrogen and oxygen atoms in total. The Morgan fingerprint density at radius 2 is 2.22 bits per heavy atom. The normalized spacial score (nSPS) is 32.6. The van der Waals surface area contributed by atoms with Crippen LogP contribution in [0.1, 0.15) is 31.4 Å². The van der Waals surface area contributed by atoms with Crippen molar-refractivity contribution in [3.8, 4) is 6.07 Å². The van der Waals surface area contributed by atoms with Gasteiger partial charge in [-0.2, -0.15) is 5.26 Å². The van der Waals surface area contributed by atoms with Crippen LogP contribution in [-0.2, 0) is 10.2 Å². The first-order chi connectivity index (χ1) is 8.74. The zero-order chi connectivity index (χ0) is 12.8. The first-order valence-electron chi connectivity index (χ1n) is 6.55.